The molecule has 1 heterocycles. The minimum Gasteiger partial charge on any atom is -0.355 e. The minimum absolute atomic E-state index is 0. The third kappa shape index (κ3) is 6.11. The van der Waals surface area contributed by atoms with Gasteiger partial charge < -0.3 is 10.6 Å². The molecule has 0 aliphatic carbocycles. The molecular formula is C14H19FIN5. The lowest BCUT2D eigenvalue weighted by atomic mass is 10.2. The Hall–Kier alpha value is -1.64. The van der Waals surface area contributed by atoms with Crippen LogP contribution >= 0.6 is 24.0 Å². The van der Waals surface area contributed by atoms with E-state index in [0.717, 1.165) is 12.1 Å². The maximum Gasteiger partial charge on any atom is 0.191 e. The quantitative estimate of drug-likeness (QED) is 0.456. The number of halogens is 2. The van der Waals surface area contributed by atoms with Gasteiger partial charge >= 0.3 is 0 Å². The van der Waals surface area contributed by atoms with Gasteiger partial charge in [-0.25, -0.2) is 4.39 Å². The number of rotatable bonds is 5. The van der Waals surface area contributed by atoms with Gasteiger partial charge in [0.05, 0.1) is 6.54 Å². The highest BCUT2D eigenvalue weighted by Crippen LogP contribution is 2.02. The summed E-state index contributed by atoms with van der Waals surface area (Å²) in [5.41, 5.74) is 0.875. The Morgan fingerprint density at radius 2 is 2.19 bits per heavy atom. The molecule has 0 amide bonds. The van der Waals surface area contributed by atoms with Crippen molar-refractivity contribution < 1.29 is 4.39 Å². The summed E-state index contributed by atoms with van der Waals surface area (Å²) in [6.07, 6.45) is 3.65. The Morgan fingerprint density at radius 3 is 2.86 bits per heavy atom. The van der Waals surface area contributed by atoms with Crippen LogP contribution in [0, 0.1) is 5.82 Å². The van der Waals surface area contributed by atoms with Crippen molar-refractivity contribution in [1.29, 1.82) is 0 Å². The van der Waals surface area contributed by atoms with E-state index in [4.69, 9.17) is 0 Å². The van der Waals surface area contributed by atoms with Crippen molar-refractivity contribution in [3.63, 3.8) is 0 Å². The molecule has 7 heteroatoms. The van der Waals surface area contributed by atoms with Crippen molar-refractivity contribution in [2.24, 2.45) is 4.99 Å². The van der Waals surface area contributed by atoms with Gasteiger partial charge in [0.15, 0.2) is 5.96 Å². The molecule has 0 unspecified atom stereocenters. The fraction of sp³-hybridized carbons (Fsp3) is 0.286. The molecule has 1 aromatic carbocycles. The van der Waals surface area contributed by atoms with E-state index < -0.39 is 0 Å². The van der Waals surface area contributed by atoms with Gasteiger partial charge in [-0.05, 0) is 23.8 Å². The Morgan fingerprint density at radius 1 is 1.33 bits per heavy atom. The summed E-state index contributed by atoms with van der Waals surface area (Å²) >= 11 is 0. The number of nitrogens with zero attached hydrogens (tertiary/aromatic N) is 3. The second-order valence-corrected chi connectivity index (χ2v) is 4.25. The van der Waals surface area contributed by atoms with Crippen LogP contribution in [0.2, 0.25) is 0 Å². The first-order valence-electron chi connectivity index (χ1n) is 6.44. The van der Waals surface area contributed by atoms with Gasteiger partial charge in [0.1, 0.15) is 5.82 Å². The molecular weight excluding hydrogens is 384 g/mol. The van der Waals surface area contributed by atoms with Crippen LogP contribution in [0.25, 0.3) is 0 Å². The molecule has 1 aromatic heterocycles. The first-order valence-corrected chi connectivity index (χ1v) is 6.44. The summed E-state index contributed by atoms with van der Waals surface area (Å²) in [6.45, 7) is 2.00. The molecule has 2 aromatic rings. The summed E-state index contributed by atoms with van der Waals surface area (Å²) in [5.74, 6) is 0.451. The summed E-state index contributed by atoms with van der Waals surface area (Å²) < 4.78 is 14.9. The average molecular weight is 403 g/mol. The van der Waals surface area contributed by atoms with Crippen molar-refractivity contribution >= 4 is 29.9 Å². The molecule has 0 aliphatic rings. The van der Waals surface area contributed by atoms with E-state index in [1.807, 2.05) is 23.0 Å². The lowest BCUT2D eigenvalue weighted by Crippen LogP contribution is -2.38. The Bertz CT molecular complexity index is 556. The van der Waals surface area contributed by atoms with E-state index >= 15 is 0 Å². The van der Waals surface area contributed by atoms with Crippen LogP contribution in [0.4, 0.5) is 4.39 Å². The van der Waals surface area contributed by atoms with Crippen LogP contribution < -0.4 is 10.6 Å². The number of nitrogens with one attached hydrogen (secondary N) is 2. The summed E-state index contributed by atoms with van der Waals surface area (Å²) in [5, 5.41) is 10.4. The second-order valence-electron chi connectivity index (χ2n) is 4.25. The molecule has 21 heavy (non-hydrogen) atoms. The number of aliphatic imine (C=N–C) groups is 1. The molecule has 0 radical (unpaired) electrons. The smallest absolute Gasteiger partial charge is 0.191 e. The fourth-order valence-corrected chi connectivity index (χ4v) is 1.77. The summed E-state index contributed by atoms with van der Waals surface area (Å²) in [4.78, 5) is 4.12. The summed E-state index contributed by atoms with van der Waals surface area (Å²) in [6, 6.07) is 8.38. The van der Waals surface area contributed by atoms with Gasteiger partial charge in [0.25, 0.3) is 0 Å². The van der Waals surface area contributed by atoms with Crippen molar-refractivity contribution in [3.8, 4) is 0 Å². The third-order valence-corrected chi connectivity index (χ3v) is 2.77. The lowest BCUT2D eigenvalue weighted by molar-refractivity contribution is 0.597. The van der Waals surface area contributed by atoms with E-state index in [1.165, 1.54) is 12.1 Å². The number of guanidine groups is 1. The first kappa shape index (κ1) is 17.4. The van der Waals surface area contributed by atoms with Crippen LogP contribution in [-0.4, -0.2) is 29.3 Å². The van der Waals surface area contributed by atoms with Crippen LogP contribution in [0.3, 0.4) is 0 Å². The van der Waals surface area contributed by atoms with Crippen molar-refractivity contribution in [2.75, 3.05) is 13.6 Å². The molecule has 2 rings (SSSR count). The molecule has 5 nitrogen and oxygen atoms in total. The number of hydrogen-bond donors (Lipinski definition) is 2. The molecule has 2 N–H and O–H groups in total. The Balaban J connectivity index is 0.00000220. The van der Waals surface area contributed by atoms with Crippen LogP contribution in [0.15, 0.2) is 47.7 Å². The minimum atomic E-state index is -0.231. The molecule has 0 saturated carbocycles. The average Bonchev–Trinajstić information content (AvgIpc) is 2.96. The normalized spacial score (nSPS) is 10.9. The third-order valence-electron chi connectivity index (χ3n) is 2.77. The molecule has 0 atom stereocenters. The highest BCUT2D eigenvalue weighted by Gasteiger charge is 1.99. The van der Waals surface area contributed by atoms with E-state index in [1.54, 1.807) is 19.3 Å². The van der Waals surface area contributed by atoms with Crippen LogP contribution in [-0.2, 0) is 13.1 Å². The topological polar surface area (TPSA) is 54.2 Å². The largest absolute Gasteiger partial charge is 0.355 e. The zero-order valence-corrected chi connectivity index (χ0v) is 14.1. The molecule has 0 spiro atoms. The van der Waals surface area contributed by atoms with Gasteiger partial charge in [-0.2, -0.15) is 5.10 Å². The predicted octanol–water partition coefficient (Wildman–Crippen LogP) is 2.01. The van der Waals surface area contributed by atoms with Gasteiger partial charge in [-0.15, -0.1) is 24.0 Å². The van der Waals surface area contributed by atoms with Gasteiger partial charge in [0, 0.05) is 32.5 Å². The molecule has 0 bridgehead atoms. The maximum atomic E-state index is 13.0. The maximum absolute atomic E-state index is 13.0. The molecule has 0 aliphatic heterocycles. The monoisotopic (exact) mass is 403 g/mol. The molecule has 114 valence electrons. The second kappa shape index (κ2) is 9.32. The van der Waals surface area contributed by atoms with Crippen molar-refractivity contribution in [1.82, 2.24) is 20.4 Å². The van der Waals surface area contributed by atoms with Crippen LogP contribution in [0.5, 0.6) is 0 Å². The highest BCUT2D eigenvalue weighted by molar-refractivity contribution is 14.0. The molecule has 0 fully saturated rings. The number of aromatic nitrogens is 2. The predicted molar refractivity (Wildman–Crippen MR) is 92.2 cm³/mol. The van der Waals surface area contributed by atoms with E-state index in [9.17, 15) is 4.39 Å². The number of benzene rings is 1. The van der Waals surface area contributed by atoms with Crippen molar-refractivity contribution in [3.05, 3.63) is 54.1 Å². The molecule has 0 saturated heterocycles. The van der Waals surface area contributed by atoms with E-state index in [-0.39, 0.29) is 29.8 Å². The Kier molecular flexibility index (Phi) is 7.73. The zero-order chi connectivity index (χ0) is 14.2. The van der Waals surface area contributed by atoms with Gasteiger partial charge in [0.2, 0.25) is 0 Å². The van der Waals surface area contributed by atoms with Gasteiger partial charge in [-0.1, -0.05) is 12.1 Å². The van der Waals surface area contributed by atoms with E-state index in [0.29, 0.717) is 19.0 Å². The standard InChI is InChI=1S/C14H18FN5.HI/c1-16-14(17-7-9-20-8-3-6-19-20)18-11-12-4-2-5-13(15)10-12;/h2-6,8,10H,7,9,11H2,1H3,(H2,16,17,18);1H. The van der Waals surface area contributed by atoms with E-state index in [2.05, 4.69) is 20.7 Å². The highest BCUT2D eigenvalue weighted by atomic mass is 127. The fourth-order valence-electron chi connectivity index (χ4n) is 1.77. The van der Waals surface area contributed by atoms with Crippen LogP contribution in [0.1, 0.15) is 5.56 Å². The first-order chi connectivity index (χ1) is 9.78. The zero-order valence-electron chi connectivity index (χ0n) is 11.8. The lowest BCUT2D eigenvalue weighted by Gasteiger charge is -2.12. The van der Waals surface area contributed by atoms with Crippen molar-refractivity contribution in [2.45, 2.75) is 13.1 Å². The van der Waals surface area contributed by atoms with Gasteiger partial charge in [-0.3, -0.25) is 9.67 Å². The summed E-state index contributed by atoms with van der Waals surface area (Å²) in [7, 11) is 1.70. The number of hydrogen-bond acceptors (Lipinski definition) is 2. The Labute approximate surface area is 140 Å². The SMILES string of the molecule is CN=C(NCCn1cccn1)NCc1cccc(F)c1.I.